The van der Waals surface area contributed by atoms with Gasteiger partial charge in [0.05, 0.1) is 16.8 Å². The van der Waals surface area contributed by atoms with Gasteiger partial charge in [-0.05, 0) is 81.1 Å². The lowest BCUT2D eigenvalue weighted by Gasteiger charge is -2.28. The van der Waals surface area contributed by atoms with E-state index in [0.717, 1.165) is 34.5 Å². The number of nitrogens with zero attached hydrogens (tertiary/aromatic N) is 2. The third-order valence-corrected chi connectivity index (χ3v) is 8.81. The van der Waals surface area contributed by atoms with Gasteiger partial charge in [0.25, 0.3) is 0 Å². The van der Waals surface area contributed by atoms with Crippen molar-refractivity contribution in [1.82, 2.24) is 4.31 Å². The van der Waals surface area contributed by atoms with E-state index >= 15 is 0 Å². The van der Waals surface area contributed by atoms with Gasteiger partial charge in [0.15, 0.2) is 0 Å². The van der Waals surface area contributed by atoms with Gasteiger partial charge in [0, 0.05) is 18.8 Å². The second-order valence-corrected chi connectivity index (χ2v) is 11.9. The van der Waals surface area contributed by atoms with E-state index in [4.69, 9.17) is 0 Å². The Labute approximate surface area is 190 Å². The number of amides is 1. The highest BCUT2D eigenvalue weighted by Crippen LogP contribution is 2.25. The first-order valence-electron chi connectivity index (χ1n) is 10.4. The highest BCUT2D eigenvalue weighted by molar-refractivity contribution is 7.92. The minimum atomic E-state index is -3.73. The van der Waals surface area contributed by atoms with E-state index in [1.54, 1.807) is 12.1 Å². The molecule has 174 valence electrons. The number of benzene rings is 2. The molecule has 1 N–H and O–H groups in total. The first-order chi connectivity index (χ1) is 14.9. The second kappa shape index (κ2) is 9.21. The van der Waals surface area contributed by atoms with Crippen molar-refractivity contribution in [3.63, 3.8) is 0 Å². The van der Waals surface area contributed by atoms with Crippen LogP contribution in [-0.2, 0) is 24.8 Å². The lowest BCUT2D eigenvalue weighted by molar-refractivity contribution is -0.116. The Balaban J connectivity index is 1.79. The lowest BCUT2D eigenvalue weighted by atomic mass is 10.1. The van der Waals surface area contributed by atoms with Crippen LogP contribution in [0.15, 0.2) is 47.4 Å². The summed E-state index contributed by atoms with van der Waals surface area (Å²) < 4.78 is 52.8. The van der Waals surface area contributed by atoms with Gasteiger partial charge < -0.3 is 5.32 Å². The van der Waals surface area contributed by atoms with Crippen LogP contribution in [-0.4, -0.2) is 52.4 Å². The molecule has 10 heteroatoms. The molecule has 2 aromatic carbocycles. The van der Waals surface area contributed by atoms with Gasteiger partial charge in [-0.25, -0.2) is 16.8 Å². The fourth-order valence-corrected chi connectivity index (χ4v) is 6.39. The second-order valence-electron chi connectivity index (χ2n) is 8.13. The predicted molar refractivity (Wildman–Crippen MR) is 126 cm³/mol. The molecule has 0 unspecified atom stereocenters. The standard InChI is InChI=1S/C22H29N3O5S2/c1-16-7-10-20(15-17(16)2)25(31(4,27)28)18(3)22(26)23-19-8-11-21(12-9-19)32(29,30)24-13-5-6-14-24/h7-12,15,18H,5-6,13-14H2,1-4H3,(H,23,26)/t18-/m1/s1. The molecule has 8 nitrogen and oxygen atoms in total. The maximum Gasteiger partial charge on any atom is 0.247 e. The molecule has 1 amide bonds. The van der Waals surface area contributed by atoms with Crippen molar-refractivity contribution in [2.75, 3.05) is 29.0 Å². The van der Waals surface area contributed by atoms with Crippen LogP contribution in [0.25, 0.3) is 0 Å². The van der Waals surface area contributed by atoms with Crippen molar-refractivity contribution >= 4 is 37.3 Å². The molecular weight excluding hydrogens is 450 g/mol. The summed E-state index contributed by atoms with van der Waals surface area (Å²) in [5.41, 5.74) is 2.72. The van der Waals surface area contributed by atoms with Crippen LogP contribution in [0.2, 0.25) is 0 Å². The Bertz CT molecular complexity index is 1200. The molecule has 0 aliphatic carbocycles. The number of carbonyl (C=O) groups excluding carboxylic acids is 1. The fraction of sp³-hybridized carbons (Fsp3) is 0.409. The van der Waals surface area contributed by atoms with Gasteiger partial charge in [-0.15, -0.1) is 0 Å². The molecule has 2 aromatic rings. The molecule has 1 fully saturated rings. The van der Waals surface area contributed by atoms with Crippen LogP contribution in [0.1, 0.15) is 30.9 Å². The highest BCUT2D eigenvalue weighted by Gasteiger charge is 2.30. The van der Waals surface area contributed by atoms with Crippen LogP contribution < -0.4 is 9.62 Å². The van der Waals surface area contributed by atoms with E-state index in [0.29, 0.717) is 24.5 Å². The predicted octanol–water partition coefficient (Wildman–Crippen LogP) is 2.88. The molecule has 32 heavy (non-hydrogen) atoms. The third-order valence-electron chi connectivity index (χ3n) is 5.66. The quantitative estimate of drug-likeness (QED) is 0.658. The van der Waals surface area contributed by atoms with E-state index in [1.807, 2.05) is 19.9 Å². The normalized spacial score (nSPS) is 16.0. The summed E-state index contributed by atoms with van der Waals surface area (Å²) in [6.45, 7) is 6.34. The molecule has 1 heterocycles. The molecule has 1 atom stereocenters. The average molecular weight is 480 g/mol. The number of hydrogen-bond acceptors (Lipinski definition) is 5. The monoisotopic (exact) mass is 479 g/mol. The van der Waals surface area contributed by atoms with Crippen LogP contribution in [0.3, 0.4) is 0 Å². The SMILES string of the molecule is Cc1ccc(N([C@H](C)C(=O)Nc2ccc(S(=O)(=O)N3CCCC3)cc2)S(C)(=O)=O)cc1C. The Hall–Kier alpha value is -2.43. The van der Waals surface area contributed by atoms with Crippen LogP contribution in [0.4, 0.5) is 11.4 Å². The molecule has 0 spiro atoms. The summed E-state index contributed by atoms with van der Waals surface area (Å²) in [7, 11) is -7.28. The maximum atomic E-state index is 12.9. The fourth-order valence-electron chi connectivity index (χ4n) is 3.71. The van der Waals surface area contributed by atoms with E-state index < -0.39 is 32.0 Å². The molecule has 0 aromatic heterocycles. The van der Waals surface area contributed by atoms with Crippen LogP contribution in [0, 0.1) is 13.8 Å². The largest absolute Gasteiger partial charge is 0.324 e. The zero-order valence-electron chi connectivity index (χ0n) is 18.7. The number of rotatable bonds is 7. The van der Waals surface area contributed by atoms with E-state index in [-0.39, 0.29) is 4.90 Å². The summed E-state index contributed by atoms with van der Waals surface area (Å²) in [5, 5.41) is 2.68. The van der Waals surface area contributed by atoms with Crippen molar-refractivity contribution in [3.8, 4) is 0 Å². The first kappa shape index (κ1) is 24.2. The minimum absolute atomic E-state index is 0.165. The van der Waals surface area contributed by atoms with E-state index in [9.17, 15) is 21.6 Å². The number of sulfonamides is 2. The van der Waals surface area contributed by atoms with Crippen molar-refractivity contribution in [2.45, 2.75) is 44.6 Å². The number of aryl methyl sites for hydroxylation is 2. The lowest BCUT2D eigenvalue weighted by Crippen LogP contribution is -2.45. The minimum Gasteiger partial charge on any atom is -0.324 e. The Morgan fingerprint density at radius 3 is 2.09 bits per heavy atom. The number of anilines is 2. The van der Waals surface area contributed by atoms with Crippen molar-refractivity contribution < 1.29 is 21.6 Å². The summed E-state index contributed by atoms with van der Waals surface area (Å²) >= 11 is 0. The van der Waals surface area contributed by atoms with Gasteiger partial charge in [0.1, 0.15) is 6.04 Å². The van der Waals surface area contributed by atoms with Crippen LogP contribution in [0.5, 0.6) is 0 Å². The molecule has 0 radical (unpaired) electrons. The molecule has 0 bridgehead atoms. The average Bonchev–Trinajstić information content (AvgIpc) is 3.26. The summed E-state index contributed by atoms with van der Waals surface area (Å²) in [6, 6.07) is 10.1. The zero-order chi connectivity index (χ0) is 23.7. The third kappa shape index (κ3) is 5.13. The maximum absolute atomic E-state index is 12.9. The first-order valence-corrected chi connectivity index (χ1v) is 13.7. The molecule has 0 saturated carbocycles. The highest BCUT2D eigenvalue weighted by atomic mass is 32.2. The van der Waals surface area contributed by atoms with Gasteiger partial charge in [-0.3, -0.25) is 9.10 Å². The Morgan fingerprint density at radius 1 is 0.969 bits per heavy atom. The Kier molecular flexibility index (Phi) is 6.97. The van der Waals surface area contributed by atoms with Gasteiger partial charge >= 0.3 is 0 Å². The topological polar surface area (TPSA) is 104 Å². The Morgan fingerprint density at radius 2 is 1.56 bits per heavy atom. The summed E-state index contributed by atoms with van der Waals surface area (Å²) in [6.07, 6.45) is 2.76. The van der Waals surface area contributed by atoms with Crippen molar-refractivity contribution in [1.29, 1.82) is 0 Å². The van der Waals surface area contributed by atoms with Crippen molar-refractivity contribution in [3.05, 3.63) is 53.6 Å². The molecule has 1 aliphatic rings. The summed E-state index contributed by atoms with van der Waals surface area (Å²) in [5.74, 6) is -0.524. The number of carbonyl (C=O) groups is 1. The molecule has 3 rings (SSSR count). The van der Waals surface area contributed by atoms with Gasteiger partial charge in [-0.1, -0.05) is 6.07 Å². The number of hydrogen-bond donors (Lipinski definition) is 1. The van der Waals surface area contributed by atoms with Crippen molar-refractivity contribution in [2.24, 2.45) is 0 Å². The van der Waals surface area contributed by atoms with E-state index in [2.05, 4.69) is 5.32 Å². The van der Waals surface area contributed by atoms with Gasteiger partial charge in [-0.2, -0.15) is 4.31 Å². The zero-order valence-corrected chi connectivity index (χ0v) is 20.3. The van der Waals surface area contributed by atoms with Gasteiger partial charge in [0.2, 0.25) is 26.0 Å². The molecular formula is C22H29N3O5S2. The summed E-state index contributed by atoms with van der Waals surface area (Å²) in [4.78, 5) is 13.0. The smallest absolute Gasteiger partial charge is 0.247 e. The van der Waals surface area contributed by atoms with E-state index in [1.165, 1.54) is 35.5 Å². The number of nitrogens with one attached hydrogen (secondary N) is 1. The van der Waals surface area contributed by atoms with Crippen LogP contribution >= 0.6 is 0 Å². The molecule has 1 aliphatic heterocycles. The molecule has 1 saturated heterocycles.